The molecule has 1 aromatic heterocycles. The molecule has 0 saturated carbocycles. The minimum Gasteiger partial charge on any atom is -0.335 e. The Bertz CT molecular complexity index is 917. The van der Waals surface area contributed by atoms with Crippen molar-refractivity contribution in [1.82, 2.24) is 15.1 Å². The normalized spacial score (nSPS) is 10.9. The van der Waals surface area contributed by atoms with Crippen molar-refractivity contribution in [2.45, 2.75) is 30.8 Å². The molecule has 0 fully saturated rings. The molecule has 3 aromatic rings. The van der Waals surface area contributed by atoms with Crippen molar-refractivity contribution in [1.29, 1.82) is 0 Å². The van der Waals surface area contributed by atoms with Crippen LogP contribution in [0.15, 0.2) is 58.9 Å². The molecule has 3 rings (SSSR count). The van der Waals surface area contributed by atoms with E-state index < -0.39 is 0 Å². The van der Waals surface area contributed by atoms with Gasteiger partial charge in [-0.1, -0.05) is 59.5 Å². The fraction of sp³-hybridized carbons (Fsp3) is 0.250. The zero-order valence-electron chi connectivity index (χ0n) is 15.6. The first-order valence-electron chi connectivity index (χ1n) is 8.83. The summed E-state index contributed by atoms with van der Waals surface area (Å²) in [6.45, 7) is 4.61. The zero-order chi connectivity index (χ0) is 19.9. The van der Waals surface area contributed by atoms with Crippen LogP contribution < -0.4 is 5.32 Å². The monoisotopic (exact) mass is 416 g/mol. The lowest BCUT2D eigenvalue weighted by molar-refractivity contribution is -0.130. The van der Waals surface area contributed by atoms with Crippen molar-refractivity contribution < 1.29 is 9.18 Å². The molecule has 0 saturated heterocycles. The molecule has 0 unspecified atom stereocenters. The second kappa shape index (κ2) is 9.66. The van der Waals surface area contributed by atoms with Crippen molar-refractivity contribution in [3.8, 4) is 0 Å². The van der Waals surface area contributed by atoms with Crippen molar-refractivity contribution in [2.24, 2.45) is 0 Å². The van der Waals surface area contributed by atoms with Crippen molar-refractivity contribution in [3.63, 3.8) is 0 Å². The number of aromatic nitrogens is 2. The number of nitrogens with one attached hydrogen (secondary N) is 1. The average molecular weight is 417 g/mol. The third-order valence-electron chi connectivity index (χ3n) is 3.94. The van der Waals surface area contributed by atoms with Gasteiger partial charge in [0.25, 0.3) is 0 Å². The van der Waals surface area contributed by atoms with Crippen LogP contribution in [-0.2, 0) is 11.3 Å². The van der Waals surface area contributed by atoms with E-state index in [1.54, 1.807) is 12.1 Å². The SMILES string of the molecule is CC(C)N(Cc1ccccc1)C(=O)CSc1nnc(Nc2cccc(F)c2)s1. The van der Waals surface area contributed by atoms with Crippen LogP contribution in [0.3, 0.4) is 0 Å². The Kier molecular flexibility index (Phi) is 7.00. The molecule has 28 heavy (non-hydrogen) atoms. The Labute approximate surface area is 172 Å². The molecule has 0 spiro atoms. The predicted molar refractivity (Wildman–Crippen MR) is 112 cm³/mol. The molecule has 0 atom stereocenters. The van der Waals surface area contributed by atoms with Gasteiger partial charge in [0.05, 0.1) is 5.75 Å². The molecule has 0 radical (unpaired) electrons. The number of hydrogen-bond donors (Lipinski definition) is 1. The molecule has 0 bridgehead atoms. The number of benzene rings is 2. The van der Waals surface area contributed by atoms with Crippen molar-refractivity contribution >= 4 is 39.8 Å². The van der Waals surface area contributed by atoms with E-state index in [0.29, 0.717) is 27.5 Å². The Hall–Kier alpha value is -2.45. The second-order valence-electron chi connectivity index (χ2n) is 6.40. The number of carbonyl (C=O) groups is 1. The number of rotatable bonds is 8. The van der Waals surface area contributed by atoms with Gasteiger partial charge in [-0.05, 0) is 37.6 Å². The lowest BCUT2D eigenvalue weighted by atomic mass is 10.2. The highest BCUT2D eigenvalue weighted by Crippen LogP contribution is 2.28. The largest absolute Gasteiger partial charge is 0.335 e. The minimum atomic E-state index is -0.318. The highest BCUT2D eigenvalue weighted by molar-refractivity contribution is 8.01. The Morgan fingerprint density at radius 3 is 2.68 bits per heavy atom. The van der Waals surface area contributed by atoms with E-state index >= 15 is 0 Å². The molecule has 1 heterocycles. The molecule has 0 aliphatic heterocycles. The molecular formula is C20H21FN4OS2. The van der Waals surface area contributed by atoms with Gasteiger partial charge in [-0.2, -0.15) is 0 Å². The number of anilines is 2. The van der Waals surface area contributed by atoms with Crippen LogP contribution in [0.2, 0.25) is 0 Å². The van der Waals surface area contributed by atoms with Crippen LogP contribution in [-0.4, -0.2) is 32.8 Å². The van der Waals surface area contributed by atoms with Crippen molar-refractivity contribution in [3.05, 3.63) is 66.0 Å². The molecule has 1 N–H and O–H groups in total. The molecule has 0 aliphatic carbocycles. The van der Waals surface area contributed by atoms with E-state index in [-0.39, 0.29) is 17.8 Å². The summed E-state index contributed by atoms with van der Waals surface area (Å²) in [6.07, 6.45) is 0. The second-order valence-corrected chi connectivity index (χ2v) is 8.60. The number of hydrogen-bond acceptors (Lipinski definition) is 6. The first-order chi connectivity index (χ1) is 13.5. The Morgan fingerprint density at radius 1 is 1.18 bits per heavy atom. The third-order valence-corrected chi connectivity index (χ3v) is 5.90. The molecule has 5 nitrogen and oxygen atoms in total. The topological polar surface area (TPSA) is 58.1 Å². The third kappa shape index (κ3) is 5.77. The van der Waals surface area contributed by atoms with E-state index in [0.717, 1.165) is 5.56 Å². The van der Waals surface area contributed by atoms with Crippen LogP contribution in [0, 0.1) is 5.82 Å². The Balaban J connectivity index is 1.56. The first kappa shape index (κ1) is 20.3. The van der Waals surface area contributed by atoms with Crippen LogP contribution >= 0.6 is 23.1 Å². The maximum atomic E-state index is 13.3. The van der Waals surface area contributed by atoms with Gasteiger partial charge in [-0.3, -0.25) is 4.79 Å². The summed E-state index contributed by atoms with van der Waals surface area (Å²) in [5, 5.41) is 11.7. The van der Waals surface area contributed by atoms with Gasteiger partial charge in [-0.15, -0.1) is 10.2 Å². The van der Waals surface area contributed by atoms with Crippen LogP contribution in [0.5, 0.6) is 0 Å². The summed E-state index contributed by atoms with van der Waals surface area (Å²) in [5.74, 6) is 0.0279. The maximum Gasteiger partial charge on any atom is 0.233 e. The molecule has 8 heteroatoms. The molecular weight excluding hydrogens is 395 g/mol. The summed E-state index contributed by atoms with van der Waals surface area (Å²) in [7, 11) is 0. The zero-order valence-corrected chi connectivity index (χ0v) is 17.3. The summed E-state index contributed by atoms with van der Waals surface area (Å²) >= 11 is 2.70. The summed E-state index contributed by atoms with van der Waals surface area (Å²) < 4.78 is 14.0. The highest BCUT2D eigenvalue weighted by atomic mass is 32.2. The number of carbonyl (C=O) groups excluding carboxylic acids is 1. The number of thioether (sulfide) groups is 1. The maximum absolute atomic E-state index is 13.3. The highest BCUT2D eigenvalue weighted by Gasteiger charge is 2.18. The van der Waals surface area contributed by atoms with E-state index in [4.69, 9.17) is 0 Å². The predicted octanol–water partition coefficient (Wildman–Crippen LogP) is 4.95. The number of nitrogens with zero attached hydrogens (tertiary/aromatic N) is 3. The first-order valence-corrected chi connectivity index (χ1v) is 10.6. The van der Waals surface area contributed by atoms with Crippen LogP contribution in [0.25, 0.3) is 0 Å². The summed E-state index contributed by atoms with van der Waals surface area (Å²) in [4.78, 5) is 14.6. The standard InChI is InChI=1S/C20H21FN4OS2/c1-14(2)25(12-15-7-4-3-5-8-15)18(26)13-27-20-24-23-19(28-20)22-17-10-6-9-16(21)11-17/h3-11,14H,12-13H2,1-2H3,(H,22,23). The minimum absolute atomic E-state index is 0.0543. The lowest BCUT2D eigenvalue weighted by Crippen LogP contribution is -2.37. The Morgan fingerprint density at radius 2 is 1.96 bits per heavy atom. The van der Waals surface area contributed by atoms with Gasteiger partial charge in [0.15, 0.2) is 4.34 Å². The van der Waals surface area contributed by atoms with E-state index in [2.05, 4.69) is 15.5 Å². The number of amides is 1. The summed E-state index contributed by atoms with van der Waals surface area (Å²) in [6, 6.07) is 16.2. The molecule has 2 aromatic carbocycles. The van der Waals surface area contributed by atoms with Gasteiger partial charge < -0.3 is 10.2 Å². The van der Waals surface area contributed by atoms with Gasteiger partial charge in [0, 0.05) is 18.3 Å². The van der Waals surface area contributed by atoms with E-state index in [1.807, 2.05) is 49.1 Å². The van der Waals surface area contributed by atoms with Crippen LogP contribution in [0.1, 0.15) is 19.4 Å². The molecule has 0 aliphatic rings. The fourth-order valence-electron chi connectivity index (χ4n) is 2.55. The quantitative estimate of drug-likeness (QED) is 0.527. The van der Waals surface area contributed by atoms with E-state index in [1.165, 1.54) is 35.2 Å². The van der Waals surface area contributed by atoms with Crippen LogP contribution in [0.4, 0.5) is 15.2 Å². The van der Waals surface area contributed by atoms with Gasteiger partial charge in [-0.25, -0.2) is 4.39 Å². The lowest BCUT2D eigenvalue weighted by Gasteiger charge is -2.26. The average Bonchev–Trinajstić information content (AvgIpc) is 3.12. The number of halogens is 1. The molecule has 1 amide bonds. The van der Waals surface area contributed by atoms with Gasteiger partial charge in [0.1, 0.15) is 5.82 Å². The van der Waals surface area contributed by atoms with Crippen molar-refractivity contribution in [2.75, 3.05) is 11.1 Å². The summed E-state index contributed by atoms with van der Waals surface area (Å²) in [5.41, 5.74) is 1.71. The fourth-order valence-corrected chi connectivity index (χ4v) is 4.21. The van der Waals surface area contributed by atoms with E-state index in [9.17, 15) is 9.18 Å². The molecule has 146 valence electrons. The van der Waals surface area contributed by atoms with Gasteiger partial charge in [0.2, 0.25) is 11.0 Å². The van der Waals surface area contributed by atoms with Gasteiger partial charge >= 0.3 is 0 Å². The smallest absolute Gasteiger partial charge is 0.233 e.